The summed E-state index contributed by atoms with van der Waals surface area (Å²) in [6.07, 6.45) is 0.896. The Labute approximate surface area is 109 Å². The standard InChI is InChI=1S/C12H25BF3N2/c1-5-17(6-2)9-8-10-18(7-3)11-12(4)13(14,15)16/h4-11H2,1-3H3/q-1. The monoisotopic (exact) mass is 265 g/mol. The van der Waals surface area contributed by atoms with Crippen molar-refractivity contribution in [1.29, 1.82) is 0 Å². The molecule has 0 aromatic carbocycles. The minimum Gasteiger partial charge on any atom is -0.445 e. The van der Waals surface area contributed by atoms with Gasteiger partial charge in [0.1, 0.15) is 0 Å². The van der Waals surface area contributed by atoms with E-state index in [1.54, 1.807) is 4.90 Å². The van der Waals surface area contributed by atoms with Crippen LogP contribution in [0, 0.1) is 0 Å². The Morgan fingerprint density at radius 3 is 1.78 bits per heavy atom. The summed E-state index contributed by atoms with van der Waals surface area (Å²) in [6, 6.07) is 0. The van der Waals surface area contributed by atoms with Crippen molar-refractivity contribution in [3.63, 3.8) is 0 Å². The number of likely N-dealkylation sites (N-methyl/N-ethyl adjacent to an activating group) is 1. The van der Waals surface area contributed by atoms with E-state index in [1.165, 1.54) is 0 Å². The molecule has 0 bridgehead atoms. The third-order valence-corrected chi connectivity index (χ3v) is 3.18. The van der Waals surface area contributed by atoms with Gasteiger partial charge >= 0.3 is 6.98 Å². The van der Waals surface area contributed by atoms with Crippen molar-refractivity contribution in [3.8, 4) is 0 Å². The van der Waals surface area contributed by atoms with E-state index in [2.05, 4.69) is 25.3 Å². The molecule has 0 rings (SSSR count). The molecule has 0 atom stereocenters. The van der Waals surface area contributed by atoms with Gasteiger partial charge in [0.15, 0.2) is 0 Å². The second-order valence-electron chi connectivity index (χ2n) is 4.48. The summed E-state index contributed by atoms with van der Waals surface area (Å²) in [5, 5.41) is 0. The first-order chi connectivity index (χ1) is 8.35. The largest absolute Gasteiger partial charge is 0.506 e. The van der Waals surface area contributed by atoms with Crippen molar-refractivity contribution < 1.29 is 12.9 Å². The van der Waals surface area contributed by atoms with Gasteiger partial charge in [0.25, 0.3) is 0 Å². The van der Waals surface area contributed by atoms with Crippen LogP contribution in [0.1, 0.15) is 27.2 Å². The van der Waals surface area contributed by atoms with Gasteiger partial charge < -0.3 is 22.7 Å². The van der Waals surface area contributed by atoms with Gasteiger partial charge in [-0.25, -0.2) is 0 Å². The maximum atomic E-state index is 12.4. The van der Waals surface area contributed by atoms with Crippen LogP contribution in [0.25, 0.3) is 0 Å². The van der Waals surface area contributed by atoms with Crippen LogP contribution in [0.15, 0.2) is 12.1 Å². The number of nitrogens with zero attached hydrogens (tertiary/aromatic N) is 2. The molecule has 2 nitrogen and oxygen atoms in total. The molecule has 0 saturated carbocycles. The zero-order chi connectivity index (χ0) is 14.2. The number of rotatable bonds is 10. The predicted octanol–water partition coefficient (Wildman–Crippen LogP) is 2.98. The molecule has 0 aromatic heterocycles. The summed E-state index contributed by atoms with van der Waals surface area (Å²) in [6.45, 7) is 8.49. The van der Waals surface area contributed by atoms with Crippen molar-refractivity contribution in [2.24, 2.45) is 0 Å². The van der Waals surface area contributed by atoms with Gasteiger partial charge in [-0.15, -0.1) is 12.1 Å². The Morgan fingerprint density at radius 2 is 1.39 bits per heavy atom. The van der Waals surface area contributed by atoms with E-state index >= 15 is 0 Å². The van der Waals surface area contributed by atoms with Crippen LogP contribution in [0.3, 0.4) is 0 Å². The molecule has 0 spiro atoms. The summed E-state index contributed by atoms with van der Waals surface area (Å²) in [4.78, 5) is 4.08. The summed E-state index contributed by atoms with van der Waals surface area (Å²) >= 11 is 0. The Kier molecular flexibility index (Phi) is 8.36. The molecule has 0 unspecified atom stereocenters. The van der Waals surface area contributed by atoms with Gasteiger partial charge in [-0.1, -0.05) is 20.8 Å². The molecule has 0 aliphatic rings. The smallest absolute Gasteiger partial charge is 0.445 e. The highest BCUT2D eigenvalue weighted by Crippen LogP contribution is 2.19. The molecular formula is C12H25BF3N2-. The highest BCUT2D eigenvalue weighted by atomic mass is 19.4. The zero-order valence-corrected chi connectivity index (χ0v) is 11.8. The lowest BCUT2D eigenvalue weighted by Gasteiger charge is -2.27. The molecule has 0 heterocycles. The van der Waals surface area contributed by atoms with E-state index in [0.717, 1.165) is 26.1 Å². The van der Waals surface area contributed by atoms with Gasteiger partial charge in [-0.05, 0) is 45.7 Å². The fourth-order valence-corrected chi connectivity index (χ4v) is 1.80. The van der Waals surface area contributed by atoms with Gasteiger partial charge in [0.2, 0.25) is 0 Å². The lowest BCUT2D eigenvalue weighted by atomic mass is 9.80. The number of halogens is 3. The van der Waals surface area contributed by atoms with Crippen molar-refractivity contribution >= 4 is 6.98 Å². The minimum atomic E-state index is -4.90. The maximum Gasteiger partial charge on any atom is 0.506 e. The van der Waals surface area contributed by atoms with E-state index in [0.29, 0.717) is 13.1 Å². The van der Waals surface area contributed by atoms with Gasteiger partial charge in [-0.2, -0.15) is 0 Å². The second-order valence-corrected chi connectivity index (χ2v) is 4.48. The third-order valence-electron chi connectivity index (χ3n) is 3.18. The van der Waals surface area contributed by atoms with E-state index in [-0.39, 0.29) is 6.54 Å². The van der Waals surface area contributed by atoms with E-state index in [1.807, 2.05) is 6.92 Å². The van der Waals surface area contributed by atoms with Crippen LogP contribution < -0.4 is 0 Å². The Balaban J connectivity index is 4.02. The van der Waals surface area contributed by atoms with Crippen LogP contribution in [0.2, 0.25) is 0 Å². The summed E-state index contributed by atoms with van der Waals surface area (Å²) in [7, 11) is 0. The number of hydrogen-bond donors (Lipinski definition) is 0. The molecule has 108 valence electrons. The lowest BCUT2D eigenvalue weighted by molar-refractivity contribution is 0.254. The first kappa shape index (κ1) is 17.5. The van der Waals surface area contributed by atoms with Crippen molar-refractivity contribution in [3.05, 3.63) is 12.1 Å². The SMILES string of the molecule is C=C(CN(CC)CCCN(CC)CC)[B-](F)(F)F. The summed E-state index contributed by atoms with van der Waals surface area (Å²) < 4.78 is 37.3. The van der Waals surface area contributed by atoms with Crippen molar-refractivity contribution in [2.75, 3.05) is 39.3 Å². The number of hydrogen-bond acceptors (Lipinski definition) is 2. The molecule has 0 aliphatic heterocycles. The molecule has 0 fully saturated rings. The zero-order valence-electron chi connectivity index (χ0n) is 11.8. The third kappa shape index (κ3) is 7.06. The topological polar surface area (TPSA) is 6.48 Å². The Hall–Kier alpha value is -0.485. The van der Waals surface area contributed by atoms with Crippen LogP contribution in [0.4, 0.5) is 12.9 Å². The second kappa shape index (κ2) is 8.59. The van der Waals surface area contributed by atoms with Crippen LogP contribution in [-0.4, -0.2) is 56.0 Å². The van der Waals surface area contributed by atoms with Gasteiger partial charge in [0, 0.05) is 0 Å². The fourth-order valence-electron chi connectivity index (χ4n) is 1.80. The molecule has 0 saturated heterocycles. The summed E-state index contributed by atoms with van der Waals surface area (Å²) in [5.74, 6) is 0. The van der Waals surface area contributed by atoms with E-state index < -0.39 is 12.4 Å². The average molecular weight is 265 g/mol. The highest BCUT2D eigenvalue weighted by molar-refractivity contribution is 6.66. The first-order valence-electron chi connectivity index (χ1n) is 6.67. The van der Waals surface area contributed by atoms with Gasteiger partial charge in [0.05, 0.1) is 0 Å². The van der Waals surface area contributed by atoms with Crippen molar-refractivity contribution in [2.45, 2.75) is 27.2 Å². The van der Waals surface area contributed by atoms with E-state index in [9.17, 15) is 12.9 Å². The van der Waals surface area contributed by atoms with Crippen LogP contribution >= 0.6 is 0 Å². The molecule has 6 heteroatoms. The molecule has 0 aliphatic carbocycles. The summed E-state index contributed by atoms with van der Waals surface area (Å²) in [5.41, 5.74) is -0.598. The van der Waals surface area contributed by atoms with Gasteiger partial charge in [-0.3, -0.25) is 0 Å². The molecular weight excluding hydrogens is 240 g/mol. The molecule has 0 aromatic rings. The minimum absolute atomic E-state index is 0.0573. The van der Waals surface area contributed by atoms with Crippen LogP contribution in [-0.2, 0) is 0 Å². The molecule has 0 radical (unpaired) electrons. The average Bonchev–Trinajstić information content (AvgIpc) is 2.31. The molecule has 0 N–H and O–H groups in total. The quantitative estimate of drug-likeness (QED) is 0.560. The highest BCUT2D eigenvalue weighted by Gasteiger charge is 2.27. The maximum absolute atomic E-state index is 12.4. The normalized spacial score (nSPS) is 12.4. The van der Waals surface area contributed by atoms with Crippen LogP contribution in [0.5, 0.6) is 0 Å². The first-order valence-corrected chi connectivity index (χ1v) is 6.67. The Bertz CT molecular complexity index is 240. The van der Waals surface area contributed by atoms with E-state index in [4.69, 9.17) is 0 Å². The Morgan fingerprint density at radius 1 is 0.944 bits per heavy atom. The molecule has 18 heavy (non-hydrogen) atoms. The fraction of sp³-hybridized carbons (Fsp3) is 0.833. The lowest BCUT2D eigenvalue weighted by Crippen LogP contribution is -2.35. The van der Waals surface area contributed by atoms with Crippen molar-refractivity contribution in [1.82, 2.24) is 9.80 Å². The predicted molar refractivity (Wildman–Crippen MR) is 72.7 cm³/mol. The molecule has 0 amide bonds.